The Labute approximate surface area is 154 Å². The van der Waals surface area contributed by atoms with Gasteiger partial charge < -0.3 is 14.9 Å². The van der Waals surface area contributed by atoms with Crippen molar-refractivity contribution in [1.82, 2.24) is 10.4 Å². The van der Waals surface area contributed by atoms with Crippen LogP contribution in [0.25, 0.3) is 5.57 Å². The van der Waals surface area contributed by atoms with E-state index >= 15 is 0 Å². The lowest BCUT2D eigenvalue weighted by molar-refractivity contribution is -0.150. The Bertz CT molecular complexity index is 733. The molecule has 1 saturated heterocycles. The first-order chi connectivity index (χ1) is 12.5. The van der Waals surface area contributed by atoms with Crippen LogP contribution in [-0.4, -0.2) is 56.2 Å². The molecule has 26 heavy (non-hydrogen) atoms. The molecule has 1 spiro atoms. The fourth-order valence-corrected chi connectivity index (χ4v) is 4.11. The molecule has 0 aromatic heterocycles. The third-order valence-corrected chi connectivity index (χ3v) is 5.50. The Morgan fingerprint density at radius 2 is 2.04 bits per heavy atom. The van der Waals surface area contributed by atoms with Crippen LogP contribution in [0, 0.1) is 13.8 Å². The molecule has 6 nitrogen and oxygen atoms in total. The lowest BCUT2D eigenvalue weighted by Gasteiger charge is -2.40. The van der Waals surface area contributed by atoms with Crippen LogP contribution in [0.5, 0.6) is 0 Å². The number of piperidine rings is 1. The molecule has 140 valence electrons. The van der Waals surface area contributed by atoms with Crippen LogP contribution in [0.1, 0.15) is 29.5 Å². The molecule has 1 fully saturated rings. The number of aryl methyl sites for hydroxylation is 2. The fraction of sp³-hybridized carbons (Fsp3) is 0.500. The second kappa shape index (κ2) is 7.70. The minimum atomic E-state index is -0.385. The van der Waals surface area contributed by atoms with Crippen molar-refractivity contribution in [1.29, 1.82) is 0 Å². The lowest BCUT2D eigenvalue weighted by Crippen LogP contribution is -2.53. The van der Waals surface area contributed by atoms with Gasteiger partial charge in [0.1, 0.15) is 0 Å². The summed E-state index contributed by atoms with van der Waals surface area (Å²) in [4.78, 5) is 28.9. The summed E-state index contributed by atoms with van der Waals surface area (Å²) >= 11 is 0. The second-order valence-electron chi connectivity index (χ2n) is 7.05. The number of hydroxylamine groups is 2. The Hall–Kier alpha value is -2.02. The van der Waals surface area contributed by atoms with E-state index < -0.39 is 0 Å². The summed E-state index contributed by atoms with van der Waals surface area (Å²) in [7, 11) is 1.67. The smallest absolute Gasteiger partial charge is 0.293 e. The summed E-state index contributed by atoms with van der Waals surface area (Å²) in [5, 5.41) is 5.51. The fourth-order valence-electron chi connectivity index (χ4n) is 4.11. The lowest BCUT2D eigenvalue weighted by atomic mass is 9.78. The van der Waals surface area contributed by atoms with Gasteiger partial charge >= 0.3 is 0 Å². The van der Waals surface area contributed by atoms with Crippen LogP contribution in [0.15, 0.2) is 23.8 Å². The number of hydrogen-bond acceptors (Lipinski definition) is 6. The second-order valence-corrected chi connectivity index (χ2v) is 7.05. The average molecular weight is 358 g/mol. The Morgan fingerprint density at radius 1 is 1.31 bits per heavy atom. The predicted molar refractivity (Wildman–Crippen MR) is 98.4 cm³/mol. The summed E-state index contributed by atoms with van der Waals surface area (Å²) in [6.07, 6.45) is 1.55. The first-order valence-corrected chi connectivity index (χ1v) is 8.94. The van der Waals surface area contributed by atoms with Crippen molar-refractivity contribution in [2.75, 3.05) is 33.4 Å². The predicted octanol–water partition coefficient (Wildman–Crippen LogP) is 1.80. The van der Waals surface area contributed by atoms with Crippen molar-refractivity contribution in [3.63, 3.8) is 0 Å². The normalized spacial score (nSPS) is 19.8. The SMILES string of the molecule is CON1CCC2(CC1)NCC(c1cc(C)ccc1C)=C2C(=O)COC=O. The van der Waals surface area contributed by atoms with Crippen LogP contribution in [0.3, 0.4) is 0 Å². The number of benzene rings is 1. The molecule has 0 radical (unpaired) electrons. The average Bonchev–Trinajstić information content (AvgIpc) is 3.01. The number of carbonyl (C=O) groups is 2. The molecule has 1 aromatic rings. The van der Waals surface area contributed by atoms with Crippen molar-refractivity contribution in [2.24, 2.45) is 0 Å². The van der Waals surface area contributed by atoms with Gasteiger partial charge in [0.05, 0.1) is 12.6 Å². The molecule has 0 aliphatic carbocycles. The van der Waals surface area contributed by atoms with Crippen molar-refractivity contribution in [3.8, 4) is 0 Å². The molecule has 0 atom stereocenters. The summed E-state index contributed by atoms with van der Waals surface area (Å²) in [6, 6.07) is 6.29. The maximum Gasteiger partial charge on any atom is 0.293 e. The highest BCUT2D eigenvalue weighted by atomic mass is 16.7. The minimum Gasteiger partial charge on any atom is -0.460 e. The number of Topliss-reactive ketones (excluding diaryl/α,β-unsaturated/α-hetero) is 1. The zero-order chi connectivity index (χ0) is 18.7. The van der Waals surface area contributed by atoms with Crippen molar-refractivity contribution in [2.45, 2.75) is 32.2 Å². The van der Waals surface area contributed by atoms with Crippen LogP contribution in [0.2, 0.25) is 0 Å². The van der Waals surface area contributed by atoms with E-state index in [1.807, 2.05) is 5.06 Å². The van der Waals surface area contributed by atoms with Gasteiger partial charge in [0.25, 0.3) is 6.47 Å². The van der Waals surface area contributed by atoms with Gasteiger partial charge in [-0.25, -0.2) is 0 Å². The third-order valence-electron chi connectivity index (χ3n) is 5.50. The van der Waals surface area contributed by atoms with Crippen LogP contribution >= 0.6 is 0 Å². The summed E-state index contributed by atoms with van der Waals surface area (Å²) in [5.41, 5.74) is 4.80. The largest absolute Gasteiger partial charge is 0.460 e. The van der Waals surface area contributed by atoms with Gasteiger partial charge in [-0.15, -0.1) is 0 Å². The molecular weight excluding hydrogens is 332 g/mol. The molecule has 2 aliphatic rings. The molecule has 2 aliphatic heterocycles. The zero-order valence-corrected chi connectivity index (χ0v) is 15.6. The van der Waals surface area contributed by atoms with Gasteiger partial charge in [-0.3, -0.25) is 9.59 Å². The van der Waals surface area contributed by atoms with Gasteiger partial charge in [0, 0.05) is 25.2 Å². The first-order valence-electron chi connectivity index (χ1n) is 8.94. The number of ether oxygens (including phenoxy) is 1. The van der Waals surface area contributed by atoms with Gasteiger partial charge in [-0.05, 0) is 43.4 Å². The Kier molecular flexibility index (Phi) is 5.55. The quantitative estimate of drug-likeness (QED) is 0.782. The van der Waals surface area contributed by atoms with Gasteiger partial charge in [0.15, 0.2) is 12.4 Å². The van der Waals surface area contributed by atoms with Crippen molar-refractivity contribution < 1.29 is 19.2 Å². The van der Waals surface area contributed by atoms with E-state index in [2.05, 4.69) is 37.4 Å². The molecule has 6 heteroatoms. The maximum atomic E-state index is 13.0. The molecule has 1 aromatic carbocycles. The molecular formula is C20H26N2O4. The molecule has 0 unspecified atom stereocenters. The van der Waals surface area contributed by atoms with E-state index in [-0.39, 0.29) is 17.9 Å². The number of nitrogens with zero attached hydrogens (tertiary/aromatic N) is 1. The number of hydrogen-bond donors (Lipinski definition) is 1. The number of ketones is 1. The van der Waals surface area contributed by atoms with Crippen LogP contribution < -0.4 is 5.32 Å². The van der Waals surface area contributed by atoms with Crippen molar-refractivity contribution >= 4 is 17.8 Å². The summed E-state index contributed by atoms with van der Waals surface area (Å²) in [6.45, 7) is 6.35. The van der Waals surface area contributed by atoms with E-state index in [4.69, 9.17) is 9.57 Å². The molecule has 3 rings (SSSR count). The standard InChI is InChI=1S/C20H26N2O4/c1-14-4-5-15(2)16(10-14)17-11-21-20(6-8-22(25-3)9-7-20)19(17)18(24)12-26-13-23/h4-5,10,13,21H,6-9,11-12H2,1-3H3. The van der Waals surface area contributed by atoms with Gasteiger partial charge in [-0.2, -0.15) is 5.06 Å². The van der Waals surface area contributed by atoms with E-state index in [0.29, 0.717) is 13.0 Å². The van der Waals surface area contributed by atoms with Crippen molar-refractivity contribution in [3.05, 3.63) is 40.5 Å². The van der Waals surface area contributed by atoms with E-state index in [1.54, 1.807) is 7.11 Å². The molecule has 0 saturated carbocycles. The highest BCUT2D eigenvalue weighted by Crippen LogP contribution is 2.40. The first kappa shape index (κ1) is 18.8. The van der Waals surface area contributed by atoms with Crippen LogP contribution in [0.4, 0.5) is 0 Å². The molecule has 2 heterocycles. The topological polar surface area (TPSA) is 67.9 Å². The van der Waals surface area contributed by atoms with Gasteiger partial charge in [0.2, 0.25) is 0 Å². The zero-order valence-electron chi connectivity index (χ0n) is 15.6. The van der Waals surface area contributed by atoms with Crippen LogP contribution in [-0.2, 0) is 19.2 Å². The molecule has 0 amide bonds. The monoisotopic (exact) mass is 358 g/mol. The maximum absolute atomic E-state index is 13.0. The number of carbonyl (C=O) groups excluding carboxylic acids is 2. The van der Waals surface area contributed by atoms with Gasteiger partial charge in [-0.1, -0.05) is 23.8 Å². The van der Waals surface area contributed by atoms with E-state index in [0.717, 1.165) is 53.8 Å². The number of nitrogens with one attached hydrogen (secondary N) is 1. The molecule has 1 N–H and O–H groups in total. The third kappa shape index (κ3) is 3.45. The van der Waals surface area contributed by atoms with E-state index in [9.17, 15) is 9.59 Å². The summed E-state index contributed by atoms with van der Waals surface area (Å²) in [5.74, 6) is -0.121. The highest BCUT2D eigenvalue weighted by Gasteiger charge is 2.46. The number of rotatable bonds is 6. The Balaban J connectivity index is 2.04. The Morgan fingerprint density at radius 3 is 2.69 bits per heavy atom. The highest BCUT2D eigenvalue weighted by molar-refractivity contribution is 6.07. The van der Waals surface area contributed by atoms with E-state index in [1.165, 1.54) is 0 Å². The summed E-state index contributed by atoms with van der Waals surface area (Å²) < 4.78 is 4.80. The molecule has 0 bridgehead atoms. The minimum absolute atomic E-state index is 0.121.